The van der Waals surface area contributed by atoms with Crippen molar-refractivity contribution < 1.29 is 13.9 Å². The van der Waals surface area contributed by atoms with E-state index < -0.39 is 6.09 Å². The third-order valence-corrected chi connectivity index (χ3v) is 5.20. The number of carbonyl (C=O) groups is 1. The average Bonchev–Trinajstić information content (AvgIpc) is 3.12. The summed E-state index contributed by atoms with van der Waals surface area (Å²) in [5.41, 5.74) is 7.89. The van der Waals surface area contributed by atoms with Crippen LogP contribution in [-0.4, -0.2) is 25.6 Å². The molecule has 2 heterocycles. The first-order valence-electron chi connectivity index (χ1n) is 9.72. The van der Waals surface area contributed by atoms with Gasteiger partial charge in [-0.1, -0.05) is 19.3 Å². The maximum atomic E-state index is 13.4. The van der Waals surface area contributed by atoms with E-state index in [1.807, 2.05) is 0 Å². The van der Waals surface area contributed by atoms with Gasteiger partial charge in [-0.2, -0.15) is 4.98 Å². The van der Waals surface area contributed by atoms with Crippen LogP contribution in [0.15, 0.2) is 42.9 Å². The van der Waals surface area contributed by atoms with Gasteiger partial charge < -0.3 is 15.0 Å². The van der Waals surface area contributed by atoms with E-state index in [0.29, 0.717) is 17.3 Å². The monoisotopic (exact) mass is 395 g/mol. The number of nitrogens with two attached hydrogens (primary N) is 1. The van der Waals surface area contributed by atoms with Gasteiger partial charge in [0, 0.05) is 18.3 Å². The highest BCUT2D eigenvalue weighted by atomic mass is 19.1. The lowest BCUT2D eigenvalue weighted by molar-refractivity contribution is 0.207. The molecule has 1 aliphatic carbocycles. The van der Waals surface area contributed by atoms with E-state index in [-0.39, 0.29) is 11.8 Å². The summed E-state index contributed by atoms with van der Waals surface area (Å²) in [6, 6.07) is 7.80. The zero-order valence-electron chi connectivity index (χ0n) is 15.9. The van der Waals surface area contributed by atoms with Crippen LogP contribution in [0.4, 0.5) is 9.18 Å². The van der Waals surface area contributed by atoms with E-state index in [2.05, 4.69) is 19.5 Å². The lowest BCUT2D eigenvalue weighted by Crippen LogP contribution is -2.18. The second-order valence-corrected chi connectivity index (χ2v) is 7.25. The molecule has 7 nitrogen and oxygen atoms in total. The fourth-order valence-electron chi connectivity index (χ4n) is 3.87. The van der Waals surface area contributed by atoms with Crippen molar-refractivity contribution in [1.82, 2.24) is 19.5 Å². The molecule has 150 valence electrons. The van der Waals surface area contributed by atoms with Gasteiger partial charge in [0.2, 0.25) is 0 Å². The molecule has 1 aromatic carbocycles. The molecule has 29 heavy (non-hydrogen) atoms. The van der Waals surface area contributed by atoms with Crippen LogP contribution in [0.2, 0.25) is 0 Å². The van der Waals surface area contributed by atoms with Crippen LogP contribution in [0.1, 0.15) is 32.1 Å². The number of imidazole rings is 1. The van der Waals surface area contributed by atoms with E-state index >= 15 is 0 Å². The summed E-state index contributed by atoms with van der Waals surface area (Å²) < 4.78 is 20.3. The molecule has 1 saturated carbocycles. The highest BCUT2D eigenvalue weighted by molar-refractivity contribution is 5.77. The summed E-state index contributed by atoms with van der Waals surface area (Å²) in [6.45, 7) is 0.819. The summed E-state index contributed by atoms with van der Waals surface area (Å²) in [4.78, 5) is 24.0. The van der Waals surface area contributed by atoms with Crippen LogP contribution in [0, 0.1) is 11.7 Å². The predicted octanol–water partition coefficient (Wildman–Crippen LogP) is 4.18. The first kappa shape index (κ1) is 19.0. The maximum Gasteiger partial charge on any atom is 0.412 e. The topological polar surface area (TPSA) is 95.9 Å². The molecular formula is C21H22FN5O2. The zero-order chi connectivity index (χ0) is 20.2. The Labute approximate surface area is 167 Å². The number of rotatable bonds is 5. The second-order valence-electron chi connectivity index (χ2n) is 7.25. The van der Waals surface area contributed by atoms with Gasteiger partial charge in [0.25, 0.3) is 0 Å². The summed E-state index contributed by atoms with van der Waals surface area (Å²) in [7, 11) is 0. The quantitative estimate of drug-likeness (QED) is 0.699. The van der Waals surface area contributed by atoms with Crippen molar-refractivity contribution in [3.63, 3.8) is 0 Å². The molecule has 0 unspecified atom stereocenters. The van der Waals surface area contributed by atoms with Crippen molar-refractivity contribution >= 4 is 6.09 Å². The smallest absolute Gasteiger partial charge is 0.374 e. The summed E-state index contributed by atoms with van der Waals surface area (Å²) in [5, 5.41) is 0. The molecule has 3 aromatic rings. The Morgan fingerprint density at radius 2 is 1.90 bits per heavy atom. The minimum Gasteiger partial charge on any atom is -0.374 e. The summed E-state index contributed by atoms with van der Waals surface area (Å²) in [6.07, 6.45) is 8.46. The molecule has 0 aliphatic heterocycles. The molecule has 1 aliphatic rings. The fraction of sp³-hybridized carbons (Fsp3) is 0.333. The van der Waals surface area contributed by atoms with Crippen LogP contribution >= 0.6 is 0 Å². The van der Waals surface area contributed by atoms with Gasteiger partial charge in [-0.3, -0.25) is 0 Å². The standard InChI is InChI=1S/C21H22FN5O2/c22-16-8-6-15(7-9-16)18-19(17-10-11-24-21(26-17)29-20(23)28)27(13-25-18)12-14-4-2-1-3-5-14/h6-11,13-14H,1-5,12H2,(H2,23,28). The van der Waals surface area contributed by atoms with Crippen molar-refractivity contribution in [2.75, 3.05) is 0 Å². The number of nitrogens with zero attached hydrogens (tertiary/aromatic N) is 4. The lowest BCUT2D eigenvalue weighted by Gasteiger charge is -2.23. The normalized spacial score (nSPS) is 14.7. The van der Waals surface area contributed by atoms with Crippen LogP contribution in [0.3, 0.4) is 0 Å². The molecule has 2 N–H and O–H groups in total. The van der Waals surface area contributed by atoms with Gasteiger partial charge in [0.15, 0.2) is 0 Å². The van der Waals surface area contributed by atoms with Gasteiger partial charge in [0.1, 0.15) is 5.82 Å². The number of halogens is 1. The number of carbonyl (C=O) groups excluding carboxylic acids is 1. The molecule has 0 spiro atoms. The van der Waals surface area contributed by atoms with Gasteiger partial charge in [0.05, 0.1) is 23.4 Å². The third-order valence-electron chi connectivity index (χ3n) is 5.20. The molecule has 4 rings (SSSR count). The SMILES string of the molecule is NC(=O)Oc1nccc(-c2c(-c3ccc(F)cc3)ncn2CC2CCCCC2)n1. The number of hydrogen-bond donors (Lipinski definition) is 1. The Morgan fingerprint density at radius 1 is 1.14 bits per heavy atom. The lowest BCUT2D eigenvalue weighted by atomic mass is 9.89. The molecule has 0 atom stereocenters. The van der Waals surface area contributed by atoms with E-state index in [0.717, 1.165) is 17.8 Å². The Hall–Kier alpha value is -3.29. The number of primary amides is 1. The van der Waals surface area contributed by atoms with Gasteiger partial charge in [-0.25, -0.2) is 19.2 Å². The van der Waals surface area contributed by atoms with Gasteiger partial charge in [-0.15, -0.1) is 0 Å². The third kappa shape index (κ3) is 4.42. The first-order chi connectivity index (χ1) is 14.1. The molecule has 8 heteroatoms. The van der Waals surface area contributed by atoms with E-state index in [1.165, 1.54) is 50.4 Å². The summed E-state index contributed by atoms with van der Waals surface area (Å²) >= 11 is 0. The molecule has 2 aromatic heterocycles. The number of amides is 1. The minimum atomic E-state index is -0.975. The van der Waals surface area contributed by atoms with Crippen molar-refractivity contribution in [1.29, 1.82) is 0 Å². The summed E-state index contributed by atoms with van der Waals surface area (Å²) in [5.74, 6) is 0.261. The Morgan fingerprint density at radius 3 is 2.62 bits per heavy atom. The fourth-order valence-corrected chi connectivity index (χ4v) is 3.87. The predicted molar refractivity (Wildman–Crippen MR) is 105 cm³/mol. The number of benzene rings is 1. The van der Waals surface area contributed by atoms with Crippen LogP contribution in [-0.2, 0) is 6.54 Å². The Kier molecular flexibility index (Phi) is 5.50. The van der Waals surface area contributed by atoms with Crippen molar-refractivity contribution in [2.45, 2.75) is 38.6 Å². The second kappa shape index (κ2) is 8.38. The minimum absolute atomic E-state index is 0.120. The van der Waals surface area contributed by atoms with Crippen molar-refractivity contribution in [2.24, 2.45) is 11.7 Å². The van der Waals surface area contributed by atoms with Crippen molar-refractivity contribution in [3.05, 3.63) is 48.7 Å². The van der Waals surface area contributed by atoms with E-state index in [1.54, 1.807) is 24.5 Å². The van der Waals surface area contributed by atoms with Gasteiger partial charge in [-0.05, 0) is 49.1 Å². The van der Waals surface area contributed by atoms with E-state index in [9.17, 15) is 9.18 Å². The van der Waals surface area contributed by atoms with Crippen LogP contribution in [0.25, 0.3) is 22.6 Å². The number of aromatic nitrogens is 4. The maximum absolute atomic E-state index is 13.4. The first-order valence-corrected chi connectivity index (χ1v) is 9.72. The highest BCUT2D eigenvalue weighted by Gasteiger charge is 2.21. The average molecular weight is 395 g/mol. The number of ether oxygens (including phenoxy) is 1. The molecule has 1 amide bonds. The van der Waals surface area contributed by atoms with Crippen LogP contribution in [0.5, 0.6) is 6.01 Å². The Balaban J connectivity index is 1.76. The number of hydrogen-bond acceptors (Lipinski definition) is 5. The van der Waals surface area contributed by atoms with Crippen molar-refractivity contribution in [3.8, 4) is 28.7 Å². The van der Waals surface area contributed by atoms with Gasteiger partial charge >= 0.3 is 12.1 Å². The van der Waals surface area contributed by atoms with E-state index in [4.69, 9.17) is 10.5 Å². The molecule has 1 fully saturated rings. The Bertz CT molecular complexity index is 997. The zero-order valence-corrected chi connectivity index (χ0v) is 15.9. The van der Waals surface area contributed by atoms with Crippen LogP contribution < -0.4 is 10.5 Å². The molecule has 0 radical (unpaired) electrons. The molecule has 0 bridgehead atoms. The largest absolute Gasteiger partial charge is 0.412 e. The molecule has 0 saturated heterocycles. The highest BCUT2D eigenvalue weighted by Crippen LogP contribution is 2.33. The molecular weight excluding hydrogens is 373 g/mol.